The fourth-order valence-electron chi connectivity index (χ4n) is 3.09. The second-order valence-electron chi connectivity index (χ2n) is 6.23. The van der Waals surface area contributed by atoms with E-state index in [0.717, 1.165) is 6.54 Å². The third kappa shape index (κ3) is 4.40. The Morgan fingerprint density at radius 1 is 1.36 bits per heavy atom. The van der Waals surface area contributed by atoms with E-state index < -0.39 is 6.10 Å². The molecule has 1 aliphatic heterocycles. The lowest BCUT2D eigenvalue weighted by Crippen LogP contribution is -2.45. The number of nitrogens with zero attached hydrogens (tertiary/aromatic N) is 3. The van der Waals surface area contributed by atoms with Crippen molar-refractivity contribution in [1.82, 2.24) is 9.47 Å². The van der Waals surface area contributed by atoms with E-state index in [1.807, 2.05) is 19.3 Å². The molecule has 1 fully saturated rings. The van der Waals surface area contributed by atoms with E-state index in [1.165, 1.54) is 5.69 Å². The summed E-state index contributed by atoms with van der Waals surface area (Å²) in [5.74, 6) is 0.652. The zero-order chi connectivity index (χ0) is 17.6. The zero-order valence-electron chi connectivity index (χ0n) is 14.3. The van der Waals surface area contributed by atoms with E-state index in [2.05, 4.69) is 21.6 Å². The summed E-state index contributed by atoms with van der Waals surface area (Å²) >= 11 is 0. The smallest absolute Gasteiger partial charge is 0.119 e. The summed E-state index contributed by atoms with van der Waals surface area (Å²) in [5, 5.41) is 19.2. The Morgan fingerprint density at radius 3 is 2.84 bits per heavy atom. The second kappa shape index (κ2) is 8.17. The SMILES string of the molecule is Cn1cccc1[C@H]1COCCN1C[C@@H](O)COc1ccc(C#N)cc1. The van der Waals surface area contributed by atoms with Gasteiger partial charge in [-0.15, -0.1) is 0 Å². The standard InChI is InChI=1S/C19H23N3O3/c1-21-8-2-3-18(21)19-14-24-10-9-22(19)12-16(23)13-25-17-6-4-15(11-20)5-7-17/h2-8,16,19,23H,9-10,12-14H2,1H3/t16-,19-/m1/s1. The van der Waals surface area contributed by atoms with Gasteiger partial charge in [0.05, 0.1) is 30.9 Å². The molecule has 6 nitrogen and oxygen atoms in total. The lowest BCUT2D eigenvalue weighted by molar-refractivity contribution is -0.0356. The number of benzene rings is 1. The highest BCUT2D eigenvalue weighted by molar-refractivity contribution is 5.34. The maximum atomic E-state index is 10.4. The number of aliphatic hydroxyl groups is 1. The number of rotatable bonds is 6. The highest BCUT2D eigenvalue weighted by Crippen LogP contribution is 2.24. The number of aryl methyl sites for hydroxylation is 1. The van der Waals surface area contributed by atoms with Gasteiger partial charge in [-0.1, -0.05) is 0 Å². The average Bonchev–Trinajstić information content (AvgIpc) is 3.07. The molecule has 0 aliphatic carbocycles. The van der Waals surface area contributed by atoms with Crippen LogP contribution in [-0.2, 0) is 11.8 Å². The summed E-state index contributed by atoms with van der Waals surface area (Å²) in [6.45, 7) is 2.81. The Balaban J connectivity index is 1.56. The molecule has 0 radical (unpaired) electrons. The number of hydrogen-bond acceptors (Lipinski definition) is 5. The van der Waals surface area contributed by atoms with Crippen molar-refractivity contribution in [3.63, 3.8) is 0 Å². The lowest BCUT2D eigenvalue weighted by atomic mass is 10.1. The quantitative estimate of drug-likeness (QED) is 0.866. The number of aromatic nitrogens is 1. The molecule has 0 amide bonds. The molecule has 0 unspecified atom stereocenters. The van der Waals surface area contributed by atoms with Crippen LogP contribution in [0.25, 0.3) is 0 Å². The molecule has 2 aromatic rings. The van der Waals surface area contributed by atoms with E-state index in [1.54, 1.807) is 24.3 Å². The first kappa shape index (κ1) is 17.5. The fraction of sp³-hybridized carbons (Fsp3) is 0.421. The molecule has 3 rings (SSSR count). The Labute approximate surface area is 147 Å². The summed E-state index contributed by atoms with van der Waals surface area (Å²) in [7, 11) is 2.02. The van der Waals surface area contributed by atoms with Crippen molar-refractivity contribution in [3.8, 4) is 11.8 Å². The van der Waals surface area contributed by atoms with Gasteiger partial charge in [0.15, 0.2) is 0 Å². The van der Waals surface area contributed by atoms with E-state index in [-0.39, 0.29) is 12.6 Å². The third-order valence-electron chi connectivity index (χ3n) is 4.44. The fourth-order valence-corrected chi connectivity index (χ4v) is 3.09. The molecule has 1 saturated heterocycles. The molecule has 0 spiro atoms. The van der Waals surface area contributed by atoms with Crippen LogP contribution in [-0.4, -0.2) is 53.6 Å². The molecule has 1 aromatic carbocycles. The van der Waals surface area contributed by atoms with E-state index in [9.17, 15) is 5.11 Å². The van der Waals surface area contributed by atoms with Gasteiger partial charge in [-0.25, -0.2) is 0 Å². The number of nitriles is 1. The maximum absolute atomic E-state index is 10.4. The Kier molecular flexibility index (Phi) is 5.71. The minimum atomic E-state index is -0.600. The predicted molar refractivity (Wildman–Crippen MR) is 93.2 cm³/mol. The monoisotopic (exact) mass is 341 g/mol. The molecular weight excluding hydrogens is 318 g/mol. The first-order chi connectivity index (χ1) is 12.2. The molecule has 1 aromatic heterocycles. The van der Waals surface area contributed by atoms with E-state index in [4.69, 9.17) is 14.7 Å². The zero-order valence-corrected chi connectivity index (χ0v) is 14.3. The Hall–Kier alpha value is -2.33. The van der Waals surface area contributed by atoms with Gasteiger partial charge in [-0.3, -0.25) is 4.90 Å². The number of ether oxygens (including phenoxy) is 2. The Bertz CT molecular complexity index is 720. The van der Waals surface area contributed by atoms with Crippen molar-refractivity contribution in [2.45, 2.75) is 12.1 Å². The molecule has 6 heteroatoms. The Morgan fingerprint density at radius 2 is 2.16 bits per heavy atom. The minimum Gasteiger partial charge on any atom is -0.491 e. The van der Waals surface area contributed by atoms with Gasteiger partial charge < -0.3 is 19.1 Å². The summed E-state index contributed by atoms with van der Waals surface area (Å²) in [4.78, 5) is 2.24. The number of morpholine rings is 1. The van der Waals surface area contributed by atoms with Crippen LogP contribution < -0.4 is 4.74 Å². The summed E-state index contributed by atoms with van der Waals surface area (Å²) < 4.78 is 13.4. The number of aliphatic hydroxyl groups excluding tert-OH is 1. The highest BCUT2D eigenvalue weighted by Gasteiger charge is 2.27. The van der Waals surface area contributed by atoms with Gasteiger partial charge in [-0.05, 0) is 36.4 Å². The van der Waals surface area contributed by atoms with Crippen LogP contribution >= 0.6 is 0 Å². The van der Waals surface area contributed by atoms with Crippen LogP contribution in [0.15, 0.2) is 42.6 Å². The summed E-state index contributed by atoms with van der Waals surface area (Å²) in [6, 6.07) is 13.2. The van der Waals surface area contributed by atoms with Gasteiger partial charge in [0, 0.05) is 32.0 Å². The van der Waals surface area contributed by atoms with Crippen molar-refractivity contribution in [1.29, 1.82) is 5.26 Å². The third-order valence-corrected chi connectivity index (χ3v) is 4.44. The first-order valence-corrected chi connectivity index (χ1v) is 8.41. The maximum Gasteiger partial charge on any atom is 0.119 e. The van der Waals surface area contributed by atoms with Crippen molar-refractivity contribution in [2.24, 2.45) is 7.05 Å². The van der Waals surface area contributed by atoms with Crippen LogP contribution in [0.4, 0.5) is 0 Å². The molecule has 2 heterocycles. The number of hydrogen-bond donors (Lipinski definition) is 1. The number of β-amino-alcohol motifs (C(OH)–C–C–N with tert-alkyl or cyclic N) is 1. The molecule has 0 saturated carbocycles. The van der Waals surface area contributed by atoms with Crippen LogP contribution in [0, 0.1) is 11.3 Å². The van der Waals surface area contributed by atoms with Crippen LogP contribution in [0.3, 0.4) is 0 Å². The van der Waals surface area contributed by atoms with E-state index >= 15 is 0 Å². The van der Waals surface area contributed by atoms with Crippen LogP contribution in [0.2, 0.25) is 0 Å². The van der Waals surface area contributed by atoms with Crippen molar-refractivity contribution in [3.05, 3.63) is 53.9 Å². The molecule has 2 atom stereocenters. The van der Waals surface area contributed by atoms with Gasteiger partial charge in [-0.2, -0.15) is 5.26 Å². The second-order valence-corrected chi connectivity index (χ2v) is 6.23. The average molecular weight is 341 g/mol. The predicted octanol–water partition coefficient (Wildman–Crippen LogP) is 1.71. The summed E-state index contributed by atoms with van der Waals surface area (Å²) in [5.41, 5.74) is 1.77. The molecule has 1 N–H and O–H groups in total. The lowest BCUT2D eigenvalue weighted by Gasteiger charge is -2.36. The van der Waals surface area contributed by atoms with Crippen molar-refractivity contribution in [2.75, 3.05) is 32.9 Å². The van der Waals surface area contributed by atoms with Gasteiger partial charge >= 0.3 is 0 Å². The molecule has 1 aliphatic rings. The normalized spacial score (nSPS) is 19.3. The van der Waals surface area contributed by atoms with E-state index in [0.29, 0.717) is 31.1 Å². The van der Waals surface area contributed by atoms with Crippen molar-refractivity contribution >= 4 is 0 Å². The van der Waals surface area contributed by atoms with Crippen molar-refractivity contribution < 1.29 is 14.6 Å². The van der Waals surface area contributed by atoms with Gasteiger partial charge in [0.2, 0.25) is 0 Å². The molecule has 0 bridgehead atoms. The largest absolute Gasteiger partial charge is 0.491 e. The topological polar surface area (TPSA) is 70.7 Å². The van der Waals surface area contributed by atoms with Gasteiger partial charge in [0.1, 0.15) is 18.5 Å². The van der Waals surface area contributed by atoms with Gasteiger partial charge in [0.25, 0.3) is 0 Å². The molecule has 132 valence electrons. The summed E-state index contributed by atoms with van der Waals surface area (Å²) in [6.07, 6.45) is 1.42. The molecule has 25 heavy (non-hydrogen) atoms. The molecular formula is C19H23N3O3. The highest BCUT2D eigenvalue weighted by atomic mass is 16.5. The minimum absolute atomic E-state index is 0.137. The van der Waals surface area contributed by atoms with Crippen LogP contribution in [0.1, 0.15) is 17.3 Å². The first-order valence-electron chi connectivity index (χ1n) is 8.41. The van der Waals surface area contributed by atoms with Crippen LogP contribution in [0.5, 0.6) is 5.75 Å².